The Hall–Kier alpha value is -1.31. The molecule has 1 atom stereocenters. The van der Waals surface area contributed by atoms with Crippen LogP contribution in [0.3, 0.4) is 0 Å². The summed E-state index contributed by atoms with van der Waals surface area (Å²) in [5.41, 5.74) is 0. The average Bonchev–Trinajstić information content (AvgIpc) is 2.36. The molecule has 6 heteroatoms. The van der Waals surface area contributed by atoms with E-state index in [0.717, 1.165) is 0 Å². The number of hydrogen-bond donors (Lipinski definition) is 0. The van der Waals surface area contributed by atoms with Crippen LogP contribution < -0.4 is 0 Å². The van der Waals surface area contributed by atoms with Crippen molar-refractivity contribution in [3.63, 3.8) is 0 Å². The van der Waals surface area contributed by atoms with Gasteiger partial charge < -0.3 is 4.74 Å². The standard InChI is InChI=1S/C9H14O2.3CO.Fe/c1-4-5-6-7-8(2)11-9(3)10;3*1-2;/h4-8H,1-3H3;;;;/b5-4+,7-6?;;;;. The summed E-state index contributed by atoms with van der Waals surface area (Å²) in [6.45, 7) is 18.7. The maximum atomic E-state index is 10.4. The normalized spacial score (nSPS) is 8.94. The minimum atomic E-state index is -0.248. The molecule has 100 valence electrons. The number of carbonyl (C=O) groups excluding carboxylic acids is 1. The maximum Gasteiger partial charge on any atom is 0 e. The first kappa shape index (κ1) is 30.1. The van der Waals surface area contributed by atoms with Gasteiger partial charge in [0.15, 0.2) is 0 Å². The molecular weight excluding hydrogens is 280 g/mol. The molecule has 0 amide bonds. The molecule has 0 bridgehead atoms. The largest absolute Gasteiger partial charge is 0 e. The van der Waals surface area contributed by atoms with Crippen LogP contribution >= 0.6 is 0 Å². The SMILES string of the molecule is C/C=C/C=CC(C)OC(C)=O.[C-]#[O+].[C-]#[O+].[C-]#[O+].[Fe]. The Morgan fingerprint density at radius 1 is 1.11 bits per heavy atom. The van der Waals surface area contributed by atoms with Crippen LogP contribution in [0.2, 0.25) is 0 Å². The quantitative estimate of drug-likeness (QED) is 0.262. The Morgan fingerprint density at radius 3 is 1.78 bits per heavy atom. The van der Waals surface area contributed by atoms with Gasteiger partial charge in [-0.25, -0.2) is 0 Å². The summed E-state index contributed by atoms with van der Waals surface area (Å²) in [5.74, 6) is -0.248. The summed E-state index contributed by atoms with van der Waals surface area (Å²) in [6.07, 6.45) is 7.34. The third kappa shape index (κ3) is 46.6. The molecule has 0 radical (unpaired) electrons. The third-order valence-corrected chi connectivity index (χ3v) is 1.04. The summed E-state index contributed by atoms with van der Waals surface area (Å²) < 4.78 is 27.3. The van der Waals surface area contributed by atoms with Crippen LogP contribution in [-0.2, 0) is 40.6 Å². The molecule has 0 aliphatic carbocycles. The molecular formula is C12H14FeO5. The van der Waals surface area contributed by atoms with Gasteiger partial charge in [0, 0.05) is 24.0 Å². The summed E-state index contributed by atoms with van der Waals surface area (Å²) >= 11 is 0. The Bertz CT molecular complexity index is 262. The van der Waals surface area contributed by atoms with E-state index in [0.29, 0.717) is 0 Å². The van der Waals surface area contributed by atoms with Crippen molar-refractivity contribution < 1.29 is 40.6 Å². The molecule has 1 unspecified atom stereocenters. The predicted octanol–water partition coefficient (Wildman–Crippen LogP) is 1.96. The van der Waals surface area contributed by atoms with Gasteiger partial charge in [-0.05, 0) is 19.9 Å². The molecule has 0 aliphatic heterocycles. The first-order valence-electron chi connectivity index (χ1n) is 4.24. The van der Waals surface area contributed by atoms with Crippen molar-refractivity contribution in [2.75, 3.05) is 0 Å². The van der Waals surface area contributed by atoms with Crippen molar-refractivity contribution in [3.05, 3.63) is 44.3 Å². The molecule has 0 heterocycles. The first-order valence-corrected chi connectivity index (χ1v) is 4.24. The van der Waals surface area contributed by atoms with E-state index in [4.69, 9.17) is 18.7 Å². The molecule has 0 aromatic rings. The van der Waals surface area contributed by atoms with Crippen LogP contribution in [0.5, 0.6) is 0 Å². The molecule has 18 heavy (non-hydrogen) atoms. The van der Waals surface area contributed by atoms with Crippen LogP contribution in [0.15, 0.2) is 24.3 Å². The fourth-order valence-electron chi connectivity index (χ4n) is 0.633. The van der Waals surface area contributed by atoms with Gasteiger partial charge in [0.1, 0.15) is 6.10 Å². The van der Waals surface area contributed by atoms with Crippen molar-refractivity contribution in [1.82, 2.24) is 0 Å². The predicted molar refractivity (Wildman–Crippen MR) is 57.0 cm³/mol. The second-order valence-electron chi connectivity index (χ2n) is 2.23. The summed E-state index contributed by atoms with van der Waals surface area (Å²) in [7, 11) is 0. The zero-order valence-corrected chi connectivity index (χ0v) is 11.4. The smallest absolute Gasteiger partial charge is 0 e. The number of rotatable bonds is 3. The van der Waals surface area contributed by atoms with E-state index < -0.39 is 0 Å². The van der Waals surface area contributed by atoms with E-state index >= 15 is 0 Å². The van der Waals surface area contributed by atoms with E-state index in [1.165, 1.54) is 6.92 Å². The molecule has 0 spiro atoms. The van der Waals surface area contributed by atoms with Gasteiger partial charge in [-0.1, -0.05) is 18.2 Å². The van der Waals surface area contributed by atoms with Gasteiger partial charge >= 0.3 is 39.9 Å². The fourth-order valence-corrected chi connectivity index (χ4v) is 0.633. The van der Waals surface area contributed by atoms with Gasteiger partial charge in [0.05, 0.1) is 0 Å². The Kier molecular flexibility index (Phi) is 60.2. The summed E-state index contributed by atoms with van der Waals surface area (Å²) in [5, 5.41) is 0. The Balaban J connectivity index is -0.0000000700. The molecule has 0 saturated heterocycles. The molecule has 0 aromatic carbocycles. The van der Waals surface area contributed by atoms with Gasteiger partial charge in [-0.15, -0.1) is 0 Å². The maximum absolute atomic E-state index is 10.4. The van der Waals surface area contributed by atoms with Gasteiger partial charge in [0.25, 0.3) is 0 Å². The second kappa shape index (κ2) is 36.1. The topological polar surface area (TPSA) is 86.0 Å². The van der Waals surface area contributed by atoms with Crippen molar-refractivity contribution >= 4 is 5.97 Å². The number of carbonyl (C=O) groups is 1. The van der Waals surface area contributed by atoms with Crippen molar-refractivity contribution in [1.29, 1.82) is 0 Å². The van der Waals surface area contributed by atoms with E-state index in [9.17, 15) is 4.79 Å². The molecule has 0 aliphatic rings. The Morgan fingerprint density at radius 2 is 1.50 bits per heavy atom. The monoisotopic (exact) mass is 294 g/mol. The van der Waals surface area contributed by atoms with E-state index in [1.54, 1.807) is 0 Å². The van der Waals surface area contributed by atoms with E-state index in [1.807, 2.05) is 38.2 Å². The molecule has 0 N–H and O–H groups in total. The van der Waals surface area contributed by atoms with Gasteiger partial charge in [0.2, 0.25) is 0 Å². The zero-order valence-electron chi connectivity index (χ0n) is 10.3. The molecule has 5 nitrogen and oxygen atoms in total. The van der Waals surface area contributed by atoms with E-state index in [-0.39, 0.29) is 29.1 Å². The van der Waals surface area contributed by atoms with Gasteiger partial charge in [-0.2, -0.15) is 0 Å². The Labute approximate surface area is 118 Å². The van der Waals surface area contributed by atoms with Crippen LogP contribution in [-0.4, -0.2) is 12.1 Å². The van der Waals surface area contributed by atoms with Crippen LogP contribution in [0.25, 0.3) is 0 Å². The van der Waals surface area contributed by atoms with E-state index in [2.05, 4.69) is 20.0 Å². The number of ether oxygens (including phenoxy) is 1. The van der Waals surface area contributed by atoms with Crippen molar-refractivity contribution in [2.45, 2.75) is 26.9 Å². The molecule has 0 saturated carbocycles. The minimum Gasteiger partial charge on any atom is 0 e. The first-order chi connectivity index (χ1) is 8.16. The number of esters is 1. The van der Waals surface area contributed by atoms with Crippen LogP contribution in [0.1, 0.15) is 20.8 Å². The minimum absolute atomic E-state index is 0. The molecule has 0 rings (SSSR count). The zero-order chi connectivity index (χ0) is 14.7. The fraction of sp³-hybridized carbons (Fsp3) is 0.333. The van der Waals surface area contributed by atoms with Crippen LogP contribution in [0.4, 0.5) is 0 Å². The van der Waals surface area contributed by atoms with Crippen molar-refractivity contribution in [3.8, 4) is 0 Å². The third-order valence-electron chi connectivity index (χ3n) is 1.04. The summed E-state index contributed by atoms with van der Waals surface area (Å²) in [4.78, 5) is 10.4. The number of hydrogen-bond acceptors (Lipinski definition) is 2. The summed E-state index contributed by atoms with van der Waals surface area (Å²) in [6, 6.07) is 0. The molecule has 0 fully saturated rings. The van der Waals surface area contributed by atoms with Crippen LogP contribution in [0, 0.1) is 20.0 Å². The molecule has 0 aromatic heterocycles. The van der Waals surface area contributed by atoms with Crippen molar-refractivity contribution in [2.24, 2.45) is 0 Å². The van der Waals surface area contributed by atoms with Gasteiger partial charge in [-0.3, -0.25) is 4.79 Å². The number of allylic oxidation sites excluding steroid dienone is 3. The second-order valence-corrected chi connectivity index (χ2v) is 2.23. The average molecular weight is 294 g/mol.